The molecular formula is C10H9IO4. The van der Waals surface area contributed by atoms with Crippen LogP contribution in [-0.4, -0.2) is 26.0 Å². The molecule has 0 aromatic heterocycles. The van der Waals surface area contributed by atoms with E-state index >= 15 is 0 Å². The SMILES string of the molecule is COC(=O)COc1ccc(C=O)cc1I. The van der Waals surface area contributed by atoms with E-state index in [0.717, 1.165) is 9.86 Å². The van der Waals surface area contributed by atoms with Crippen LogP contribution in [-0.2, 0) is 9.53 Å². The average Bonchev–Trinajstić information content (AvgIpc) is 2.26. The molecule has 0 fully saturated rings. The van der Waals surface area contributed by atoms with E-state index in [-0.39, 0.29) is 6.61 Å². The number of rotatable bonds is 4. The Morgan fingerprint density at radius 3 is 2.80 bits per heavy atom. The number of benzene rings is 1. The second kappa shape index (κ2) is 5.69. The third-order valence-electron chi connectivity index (χ3n) is 1.67. The van der Waals surface area contributed by atoms with Crippen LogP contribution >= 0.6 is 22.6 Å². The first-order valence-corrected chi connectivity index (χ1v) is 5.19. The molecule has 0 unspecified atom stereocenters. The molecule has 0 spiro atoms. The third-order valence-corrected chi connectivity index (χ3v) is 2.51. The van der Waals surface area contributed by atoms with Gasteiger partial charge in [-0.1, -0.05) is 0 Å². The Morgan fingerprint density at radius 1 is 1.53 bits per heavy atom. The number of hydrogen-bond donors (Lipinski definition) is 0. The van der Waals surface area contributed by atoms with Crippen LogP contribution in [0, 0.1) is 3.57 Å². The molecule has 4 nitrogen and oxygen atoms in total. The molecule has 5 heteroatoms. The number of ether oxygens (including phenoxy) is 2. The smallest absolute Gasteiger partial charge is 0.343 e. The zero-order valence-corrected chi connectivity index (χ0v) is 10.2. The summed E-state index contributed by atoms with van der Waals surface area (Å²) >= 11 is 2.03. The van der Waals surface area contributed by atoms with E-state index < -0.39 is 5.97 Å². The van der Waals surface area contributed by atoms with Gasteiger partial charge in [0.25, 0.3) is 0 Å². The van der Waals surface area contributed by atoms with Gasteiger partial charge in [0.15, 0.2) is 6.61 Å². The number of carbonyl (C=O) groups is 2. The largest absolute Gasteiger partial charge is 0.481 e. The molecule has 0 heterocycles. The van der Waals surface area contributed by atoms with Crippen molar-refractivity contribution >= 4 is 34.8 Å². The summed E-state index contributed by atoms with van der Waals surface area (Å²) in [6.07, 6.45) is 0.756. The quantitative estimate of drug-likeness (QED) is 0.481. The standard InChI is InChI=1S/C10H9IO4/c1-14-10(13)6-15-9-3-2-7(5-12)4-8(9)11/h2-5H,6H2,1H3. The highest BCUT2D eigenvalue weighted by atomic mass is 127. The third kappa shape index (κ3) is 3.50. The molecule has 0 atom stereocenters. The molecule has 80 valence electrons. The first-order chi connectivity index (χ1) is 7.17. The molecule has 0 aliphatic rings. The van der Waals surface area contributed by atoms with Crippen molar-refractivity contribution < 1.29 is 19.1 Å². The predicted octanol–water partition coefficient (Wildman–Crippen LogP) is 1.66. The number of halogens is 1. The Hall–Kier alpha value is -1.11. The van der Waals surface area contributed by atoms with Crippen molar-refractivity contribution in [2.75, 3.05) is 13.7 Å². The summed E-state index contributed by atoms with van der Waals surface area (Å²) in [5.74, 6) is 0.122. The Morgan fingerprint density at radius 2 is 2.27 bits per heavy atom. The van der Waals surface area contributed by atoms with Crippen LogP contribution in [0.4, 0.5) is 0 Å². The zero-order valence-electron chi connectivity index (χ0n) is 8.03. The number of esters is 1. The molecule has 1 aromatic rings. The van der Waals surface area contributed by atoms with E-state index in [1.807, 2.05) is 22.6 Å². The Labute approximate surface area is 101 Å². The maximum atomic E-state index is 10.8. The number of methoxy groups -OCH3 is 1. The van der Waals surface area contributed by atoms with E-state index in [1.54, 1.807) is 18.2 Å². The Bertz CT molecular complexity index is 376. The monoisotopic (exact) mass is 320 g/mol. The number of hydrogen-bond acceptors (Lipinski definition) is 4. The molecule has 0 saturated heterocycles. The van der Waals surface area contributed by atoms with Crippen LogP contribution < -0.4 is 4.74 Å². The molecule has 0 bridgehead atoms. The molecule has 1 rings (SSSR count). The van der Waals surface area contributed by atoms with Gasteiger partial charge in [0.1, 0.15) is 12.0 Å². The molecule has 0 amide bonds. The number of aldehydes is 1. The van der Waals surface area contributed by atoms with Gasteiger partial charge in [-0.2, -0.15) is 0 Å². The minimum Gasteiger partial charge on any atom is -0.481 e. The van der Waals surface area contributed by atoms with Crippen molar-refractivity contribution in [2.24, 2.45) is 0 Å². The summed E-state index contributed by atoms with van der Waals surface area (Å²) in [4.78, 5) is 21.3. The van der Waals surface area contributed by atoms with Crippen molar-refractivity contribution in [1.82, 2.24) is 0 Å². The summed E-state index contributed by atoms with van der Waals surface area (Å²) in [6.45, 7) is -0.132. The van der Waals surface area contributed by atoms with Gasteiger partial charge in [0, 0.05) is 5.56 Å². The lowest BCUT2D eigenvalue weighted by Gasteiger charge is -2.06. The van der Waals surface area contributed by atoms with Crippen molar-refractivity contribution in [3.63, 3.8) is 0 Å². The fraction of sp³-hybridized carbons (Fsp3) is 0.200. The summed E-state index contributed by atoms with van der Waals surface area (Å²) in [5, 5.41) is 0. The Balaban J connectivity index is 2.70. The average molecular weight is 320 g/mol. The van der Waals surface area contributed by atoms with E-state index in [0.29, 0.717) is 11.3 Å². The highest BCUT2D eigenvalue weighted by Crippen LogP contribution is 2.21. The summed E-state index contributed by atoms with van der Waals surface area (Å²) in [7, 11) is 1.30. The zero-order chi connectivity index (χ0) is 11.3. The van der Waals surface area contributed by atoms with Gasteiger partial charge in [-0.05, 0) is 40.8 Å². The summed E-state index contributed by atoms with van der Waals surface area (Å²) in [6, 6.07) is 4.95. The fourth-order valence-corrected chi connectivity index (χ4v) is 1.60. The van der Waals surface area contributed by atoms with Gasteiger partial charge in [-0.3, -0.25) is 4.79 Å². The van der Waals surface area contributed by atoms with Gasteiger partial charge in [-0.25, -0.2) is 4.79 Å². The second-order valence-electron chi connectivity index (χ2n) is 2.67. The summed E-state index contributed by atoms with van der Waals surface area (Å²) < 4.78 is 10.4. The molecule has 0 radical (unpaired) electrons. The van der Waals surface area contributed by atoms with E-state index in [1.165, 1.54) is 7.11 Å². The summed E-state index contributed by atoms with van der Waals surface area (Å²) in [5.41, 5.74) is 0.574. The van der Waals surface area contributed by atoms with E-state index in [9.17, 15) is 9.59 Å². The van der Waals surface area contributed by atoms with Crippen LogP contribution in [0.3, 0.4) is 0 Å². The van der Waals surface area contributed by atoms with Crippen molar-refractivity contribution in [3.8, 4) is 5.75 Å². The fourth-order valence-electron chi connectivity index (χ4n) is 0.903. The van der Waals surface area contributed by atoms with Gasteiger partial charge in [0.2, 0.25) is 0 Å². The highest BCUT2D eigenvalue weighted by molar-refractivity contribution is 14.1. The van der Waals surface area contributed by atoms with Crippen molar-refractivity contribution in [1.29, 1.82) is 0 Å². The van der Waals surface area contributed by atoms with Crippen LogP contribution in [0.1, 0.15) is 10.4 Å². The normalized spacial score (nSPS) is 9.47. The maximum Gasteiger partial charge on any atom is 0.343 e. The van der Waals surface area contributed by atoms with Gasteiger partial charge in [0.05, 0.1) is 10.7 Å². The minimum absolute atomic E-state index is 0.132. The van der Waals surface area contributed by atoms with Gasteiger partial charge in [-0.15, -0.1) is 0 Å². The lowest BCUT2D eigenvalue weighted by Crippen LogP contribution is -2.13. The van der Waals surface area contributed by atoms with Crippen LogP contribution in [0.5, 0.6) is 5.75 Å². The van der Waals surface area contributed by atoms with Crippen molar-refractivity contribution in [2.45, 2.75) is 0 Å². The Kier molecular flexibility index (Phi) is 4.54. The van der Waals surface area contributed by atoms with Gasteiger partial charge < -0.3 is 9.47 Å². The molecule has 0 saturated carbocycles. The highest BCUT2D eigenvalue weighted by Gasteiger charge is 2.05. The first kappa shape index (κ1) is 12.0. The lowest BCUT2D eigenvalue weighted by molar-refractivity contribution is -0.142. The topological polar surface area (TPSA) is 52.6 Å². The molecule has 0 N–H and O–H groups in total. The van der Waals surface area contributed by atoms with E-state index in [2.05, 4.69) is 4.74 Å². The van der Waals surface area contributed by atoms with E-state index in [4.69, 9.17) is 4.74 Å². The molecule has 15 heavy (non-hydrogen) atoms. The van der Waals surface area contributed by atoms with Crippen LogP contribution in [0.15, 0.2) is 18.2 Å². The molecule has 0 aliphatic heterocycles. The predicted molar refractivity (Wildman–Crippen MR) is 62.1 cm³/mol. The van der Waals surface area contributed by atoms with Crippen molar-refractivity contribution in [3.05, 3.63) is 27.3 Å². The maximum absolute atomic E-state index is 10.8. The van der Waals surface area contributed by atoms with Crippen LogP contribution in [0.25, 0.3) is 0 Å². The van der Waals surface area contributed by atoms with Crippen LogP contribution in [0.2, 0.25) is 0 Å². The second-order valence-corrected chi connectivity index (χ2v) is 3.83. The molecule has 1 aromatic carbocycles. The minimum atomic E-state index is -0.440. The molecule has 0 aliphatic carbocycles. The van der Waals surface area contributed by atoms with Gasteiger partial charge >= 0.3 is 5.97 Å². The molecular weight excluding hydrogens is 311 g/mol. The lowest BCUT2D eigenvalue weighted by atomic mass is 10.2. The number of carbonyl (C=O) groups excluding carboxylic acids is 2. The first-order valence-electron chi connectivity index (χ1n) is 4.11.